The second kappa shape index (κ2) is 7.11. The molecular formula is C22H19FN4. The minimum absolute atomic E-state index is 0.337. The number of fused-ring (bicyclic) bond motifs is 1. The van der Waals surface area contributed by atoms with Gasteiger partial charge in [-0.2, -0.15) is 0 Å². The summed E-state index contributed by atoms with van der Waals surface area (Å²) in [5, 5.41) is 8.66. The van der Waals surface area contributed by atoms with E-state index in [1.165, 1.54) is 17.7 Å². The number of azo groups is 1. The van der Waals surface area contributed by atoms with E-state index in [2.05, 4.69) is 41.4 Å². The van der Waals surface area contributed by atoms with E-state index in [4.69, 9.17) is 4.98 Å². The molecule has 2 aromatic heterocycles. The zero-order chi connectivity index (χ0) is 18.8. The molecule has 0 saturated carbocycles. The molecule has 0 N–H and O–H groups in total. The third-order valence-electron chi connectivity index (χ3n) is 4.45. The Hall–Kier alpha value is -3.34. The lowest BCUT2D eigenvalue weighted by atomic mass is 10.1. The molecular weight excluding hydrogens is 339 g/mol. The lowest BCUT2D eigenvalue weighted by molar-refractivity contribution is 0.628. The number of nitrogens with zero attached hydrogens (tertiary/aromatic N) is 4. The van der Waals surface area contributed by atoms with Gasteiger partial charge in [0, 0.05) is 17.8 Å². The van der Waals surface area contributed by atoms with E-state index in [1.54, 1.807) is 12.1 Å². The zero-order valence-electron chi connectivity index (χ0n) is 15.2. The van der Waals surface area contributed by atoms with E-state index >= 15 is 0 Å². The zero-order valence-corrected chi connectivity index (χ0v) is 15.2. The van der Waals surface area contributed by atoms with E-state index in [0.717, 1.165) is 28.9 Å². The van der Waals surface area contributed by atoms with E-state index < -0.39 is 0 Å². The topological polar surface area (TPSA) is 42.0 Å². The summed E-state index contributed by atoms with van der Waals surface area (Å²) in [5.74, 6) is 0.290. The van der Waals surface area contributed by atoms with Gasteiger partial charge < -0.3 is 0 Å². The maximum atomic E-state index is 13.4. The summed E-state index contributed by atoms with van der Waals surface area (Å²) in [7, 11) is 0. The van der Waals surface area contributed by atoms with Crippen LogP contribution in [0.2, 0.25) is 0 Å². The standard InChI is InChI=1S/C22H19FN4/c1-3-16-8-10-17(11-9-16)21-22(26-25-19-6-4-5-18(23)13-19)27-14-15(2)7-12-20(27)24-21/h4-14H,3H2,1-2H3. The van der Waals surface area contributed by atoms with E-state index in [9.17, 15) is 4.39 Å². The number of aromatic nitrogens is 2. The first-order chi connectivity index (χ1) is 13.1. The van der Waals surface area contributed by atoms with Crippen molar-refractivity contribution in [2.75, 3.05) is 0 Å². The second-order valence-electron chi connectivity index (χ2n) is 6.45. The first kappa shape index (κ1) is 17.1. The molecule has 0 bridgehead atoms. The molecule has 0 atom stereocenters. The van der Waals surface area contributed by atoms with Crippen molar-refractivity contribution in [1.82, 2.24) is 9.38 Å². The van der Waals surface area contributed by atoms with Crippen molar-refractivity contribution in [3.63, 3.8) is 0 Å². The minimum Gasteiger partial charge on any atom is -0.282 e. The predicted octanol–water partition coefficient (Wildman–Crippen LogP) is 6.43. The number of aryl methyl sites for hydroxylation is 2. The molecule has 0 aliphatic carbocycles. The monoisotopic (exact) mass is 358 g/mol. The van der Waals surface area contributed by atoms with Crippen molar-refractivity contribution in [2.24, 2.45) is 10.2 Å². The van der Waals surface area contributed by atoms with Crippen LogP contribution in [0.15, 0.2) is 77.1 Å². The summed E-state index contributed by atoms with van der Waals surface area (Å²) >= 11 is 0. The molecule has 0 spiro atoms. The van der Waals surface area contributed by atoms with Crippen LogP contribution in [0, 0.1) is 12.7 Å². The minimum atomic E-state index is -0.337. The molecule has 134 valence electrons. The fourth-order valence-corrected chi connectivity index (χ4v) is 2.97. The first-order valence-electron chi connectivity index (χ1n) is 8.89. The van der Waals surface area contributed by atoms with Crippen LogP contribution in [0.25, 0.3) is 16.9 Å². The number of hydrogen-bond donors (Lipinski definition) is 0. The van der Waals surface area contributed by atoms with Gasteiger partial charge >= 0.3 is 0 Å². The fourth-order valence-electron chi connectivity index (χ4n) is 2.97. The highest BCUT2D eigenvalue weighted by atomic mass is 19.1. The van der Waals surface area contributed by atoms with E-state index in [-0.39, 0.29) is 5.82 Å². The Labute approximate surface area is 157 Å². The lowest BCUT2D eigenvalue weighted by Crippen LogP contribution is -1.85. The molecule has 4 nitrogen and oxygen atoms in total. The van der Waals surface area contributed by atoms with Gasteiger partial charge in [0.15, 0.2) is 5.82 Å². The van der Waals surface area contributed by atoms with Gasteiger partial charge in [-0.25, -0.2) is 9.37 Å². The molecule has 0 amide bonds. The predicted molar refractivity (Wildman–Crippen MR) is 105 cm³/mol. The highest BCUT2D eigenvalue weighted by molar-refractivity contribution is 5.74. The number of rotatable bonds is 4. The average molecular weight is 358 g/mol. The van der Waals surface area contributed by atoms with Crippen molar-refractivity contribution in [3.8, 4) is 11.3 Å². The summed E-state index contributed by atoms with van der Waals surface area (Å²) < 4.78 is 15.4. The van der Waals surface area contributed by atoms with Crippen molar-refractivity contribution in [3.05, 3.63) is 83.8 Å². The van der Waals surface area contributed by atoms with Gasteiger partial charge in [-0.15, -0.1) is 10.2 Å². The average Bonchev–Trinajstić information content (AvgIpc) is 3.04. The first-order valence-corrected chi connectivity index (χ1v) is 8.89. The largest absolute Gasteiger partial charge is 0.282 e. The SMILES string of the molecule is CCc1ccc(-c2nc3ccc(C)cn3c2N=Nc2cccc(F)c2)cc1. The van der Waals surface area contributed by atoms with Crippen molar-refractivity contribution in [2.45, 2.75) is 20.3 Å². The Kier molecular flexibility index (Phi) is 4.50. The van der Waals surface area contributed by atoms with Gasteiger partial charge in [0.2, 0.25) is 0 Å². The van der Waals surface area contributed by atoms with Crippen LogP contribution in [0.1, 0.15) is 18.1 Å². The maximum absolute atomic E-state index is 13.4. The second-order valence-corrected chi connectivity index (χ2v) is 6.45. The normalized spacial score (nSPS) is 11.5. The van der Waals surface area contributed by atoms with Gasteiger partial charge in [0.25, 0.3) is 0 Å². The maximum Gasteiger partial charge on any atom is 0.187 e. The summed E-state index contributed by atoms with van der Waals surface area (Å²) in [6, 6.07) is 18.3. The summed E-state index contributed by atoms with van der Waals surface area (Å²) in [5.41, 5.74) is 5.34. The molecule has 0 saturated heterocycles. The summed E-state index contributed by atoms with van der Waals surface area (Å²) in [4.78, 5) is 4.74. The third kappa shape index (κ3) is 3.49. The highest BCUT2D eigenvalue weighted by Crippen LogP contribution is 2.32. The Balaban J connectivity index is 1.86. The quantitative estimate of drug-likeness (QED) is 0.388. The molecule has 5 heteroatoms. The Morgan fingerprint density at radius 2 is 1.81 bits per heavy atom. The van der Waals surface area contributed by atoms with Crippen LogP contribution in [0.5, 0.6) is 0 Å². The van der Waals surface area contributed by atoms with Crippen molar-refractivity contribution < 1.29 is 4.39 Å². The van der Waals surface area contributed by atoms with E-state index in [0.29, 0.717) is 11.5 Å². The number of halogens is 1. The van der Waals surface area contributed by atoms with Crippen LogP contribution >= 0.6 is 0 Å². The van der Waals surface area contributed by atoms with Crippen LogP contribution in [0.3, 0.4) is 0 Å². The van der Waals surface area contributed by atoms with Crippen LogP contribution in [-0.2, 0) is 6.42 Å². The van der Waals surface area contributed by atoms with Crippen LogP contribution in [0.4, 0.5) is 15.9 Å². The van der Waals surface area contributed by atoms with Gasteiger partial charge in [-0.1, -0.05) is 43.3 Å². The molecule has 0 aliphatic heterocycles. The van der Waals surface area contributed by atoms with Crippen LogP contribution in [-0.4, -0.2) is 9.38 Å². The molecule has 0 fully saturated rings. The third-order valence-corrected chi connectivity index (χ3v) is 4.45. The van der Waals surface area contributed by atoms with E-state index in [1.807, 2.05) is 29.7 Å². The molecule has 0 radical (unpaired) electrons. The molecule has 27 heavy (non-hydrogen) atoms. The molecule has 0 aliphatic rings. The number of benzene rings is 2. The summed E-state index contributed by atoms with van der Waals surface area (Å²) in [6.07, 6.45) is 2.96. The molecule has 2 aromatic carbocycles. The molecule has 2 heterocycles. The van der Waals surface area contributed by atoms with Gasteiger partial charge in [-0.05, 0) is 42.7 Å². The van der Waals surface area contributed by atoms with Crippen molar-refractivity contribution in [1.29, 1.82) is 0 Å². The lowest BCUT2D eigenvalue weighted by Gasteiger charge is -2.02. The number of pyridine rings is 1. The molecule has 4 aromatic rings. The van der Waals surface area contributed by atoms with Crippen LogP contribution < -0.4 is 0 Å². The van der Waals surface area contributed by atoms with Gasteiger partial charge in [0.05, 0.1) is 5.69 Å². The Morgan fingerprint density at radius 1 is 1.00 bits per heavy atom. The smallest absolute Gasteiger partial charge is 0.187 e. The summed E-state index contributed by atoms with van der Waals surface area (Å²) in [6.45, 7) is 4.14. The number of hydrogen-bond acceptors (Lipinski definition) is 3. The van der Waals surface area contributed by atoms with Gasteiger partial charge in [-0.3, -0.25) is 4.40 Å². The van der Waals surface area contributed by atoms with Gasteiger partial charge in [0.1, 0.15) is 17.2 Å². The number of imidazole rings is 1. The highest BCUT2D eigenvalue weighted by Gasteiger charge is 2.14. The molecule has 0 unspecified atom stereocenters. The van der Waals surface area contributed by atoms with Crippen molar-refractivity contribution >= 4 is 17.2 Å². The molecule has 4 rings (SSSR count). The fraction of sp³-hybridized carbons (Fsp3) is 0.136. The Bertz CT molecular complexity index is 1130. The Morgan fingerprint density at radius 3 is 2.56 bits per heavy atom.